The van der Waals surface area contributed by atoms with Crippen LogP contribution in [0, 0.1) is 11.8 Å². The molecule has 0 amide bonds. The first kappa shape index (κ1) is 16.5. The summed E-state index contributed by atoms with van der Waals surface area (Å²) in [7, 11) is 1.27. The van der Waals surface area contributed by atoms with Crippen LogP contribution in [0.4, 0.5) is 26.3 Å². The van der Waals surface area contributed by atoms with Crippen molar-refractivity contribution in [2.45, 2.75) is 31.8 Å². The molecular formula is C9H14F6O2. The summed E-state index contributed by atoms with van der Waals surface area (Å²) in [6.07, 6.45) is -13.6. The number of alkyl halides is 6. The molecule has 0 aliphatic heterocycles. The number of ether oxygens (including phenoxy) is 1. The smallest absolute Gasteiger partial charge is 0.392 e. The third-order valence-corrected chi connectivity index (χ3v) is 2.41. The molecule has 0 spiro atoms. The van der Waals surface area contributed by atoms with Crippen LogP contribution in [0.3, 0.4) is 0 Å². The van der Waals surface area contributed by atoms with E-state index in [0.717, 1.165) is 6.92 Å². The van der Waals surface area contributed by atoms with Crippen LogP contribution in [0.1, 0.15) is 13.3 Å². The lowest BCUT2D eigenvalue weighted by Crippen LogP contribution is -2.47. The Kier molecular flexibility index (Phi) is 5.73. The second-order valence-electron chi connectivity index (χ2n) is 3.81. The number of hydrogen-bond donors (Lipinski definition) is 1. The van der Waals surface area contributed by atoms with Gasteiger partial charge in [-0.05, 0) is 12.3 Å². The fraction of sp³-hybridized carbons (Fsp3) is 1.00. The van der Waals surface area contributed by atoms with E-state index in [1.807, 2.05) is 0 Å². The fourth-order valence-corrected chi connectivity index (χ4v) is 1.38. The summed E-state index contributed by atoms with van der Waals surface area (Å²) in [5, 5.41) is 9.18. The quantitative estimate of drug-likeness (QED) is 0.777. The molecule has 0 aliphatic carbocycles. The van der Waals surface area contributed by atoms with Crippen molar-refractivity contribution in [2.75, 3.05) is 13.7 Å². The average Bonchev–Trinajstić information content (AvgIpc) is 2.09. The van der Waals surface area contributed by atoms with Crippen LogP contribution in [0.15, 0.2) is 0 Å². The van der Waals surface area contributed by atoms with Crippen LogP contribution in [0.2, 0.25) is 0 Å². The summed E-state index contributed by atoms with van der Waals surface area (Å²) in [4.78, 5) is 0. The van der Waals surface area contributed by atoms with Crippen molar-refractivity contribution in [3.8, 4) is 0 Å². The summed E-state index contributed by atoms with van der Waals surface area (Å²) in [5.41, 5.74) is 0. The largest absolute Gasteiger partial charge is 0.403 e. The van der Waals surface area contributed by atoms with Crippen molar-refractivity contribution in [1.29, 1.82) is 0 Å². The second-order valence-corrected chi connectivity index (χ2v) is 3.81. The molecule has 2 unspecified atom stereocenters. The first-order valence-electron chi connectivity index (χ1n) is 4.82. The molecule has 0 aromatic rings. The van der Waals surface area contributed by atoms with Gasteiger partial charge < -0.3 is 9.84 Å². The Balaban J connectivity index is 4.83. The highest BCUT2D eigenvalue weighted by Gasteiger charge is 2.60. The number of halogens is 6. The molecule has 0 radical (unpaired) electrons. The normalized spacial score (nSPS) is 17.3. The molecule has 0 saturated heterocycles. The van der Waals surface area contributed by atoms with Crippen LogP contribution in [0.25, 0.3) is 0 Å². The van der Waals surface area contributed by atoms with Gasteiger partial charge in [0, 0.05) is 13.7 Å². The number of aliphatic hydroxyl groups excluding tert-OH is 1. The van der Waals surface area contributed by atoms with E-state index in [1.54, 1.807) is 0 Å². The van der Waals surface area contributed by atoms with Crippen LogP contribution in [-0.2, 0) is 4.74 Å². The van der Waals surface area contributed by atoms with Gasteiger partial charge in [-0.25, -0.2) is 0 Å². The van der Waals surface area contributed by atoms with E-state index in [1.165, 1.54) is 7.11 Å². The molecule has 1 N–H and O–H groups in total. The predicted molar refractivity (Wildman–Crippen MR) is 47.3 cm³/mol. The molecule has 0 heterocycles. The SMILES string of the molecule is COCCC(C)C(O)C(C(F)(F)F)C(F)(F)F. The van der Waals surface area contributed by atoms with Crippen molar-refractivity contribution >= 4 is 0 Å². The van der Waals surface area contributed by atoms with Gasteiger partial charge in [0.05, 0.1) is 6.10 Å². The Hall–Kier alpha value is -0.500. The Morgan fingerprint density at radius 2 is 1.47 bits per heavy atom. The maximum atomic E-state index is 12.2. The Bertz CT molecular complexity index is 211. The van der Waals surface area contributed by atoms with Crippen LogP contribution < -0.4 is 0 Å². The summed E-state index contributed by atoms with van der Waals surface area (Å²) < 4.78 is 78.0. The molecule has 2 nitrogen and oxygen atoms in total. The summed E-state index contributed by atoms with van der Waals surface area (Å²) in [6, 6.07) is 0. The number of hydrogen-bond acceptors (Lipinski definition) is 2. The highest BCUT2D eigenvalue weighted by atomic mass is 19.4. The van der Waals surface area contributed by atoms with E-state index in [9.17, 15) is 31.4 Å². The number of aliphatic hydroxyl groups is 1. The van der Waals surface area contributed by atoms with Crippen molar-refractivity contribution in [1.82, 2.24) is 0 Å². The van der Waals surface area contributed by atoms with Crippen LogP contribution >= 0.6 is 0 Å². The summed E-state index contributed by atoms with van der Waals surface area (Å²) in [5.74, 6) is -4.88. The Labute approximate surface area is 94.6 Å². The number of methoxy groups -OCH3 is 1. The molecule has 0 fully saturated rings. The van der Waals surface area contributed by atoms with E-state index in [-0.39, 0.29) is 13.0 Å². The van der Waals surface area contributed by atoms with Gasteiger partial charge in [-0.1, -0.05) is 6.92 Å². The maximum absolute atomic E-state index is 12.2. The lowest BCUT2D eigenvalue weighted by Gasteiger charge is -2.30. The van der Waals surface area contributed by atoms with Crippen molar-refractivity contribution in [2.24, 2.45) is 11.8 Å². The molecule has 17 heavy (non-hydrogen) atoms. The van der Waals surface area contributed by atoms with Crippen molar-refractivity contribution in [3.63, 3.8) is 0 Å². The summed E-state index contributed by atoms with van der Waals surface area (Å²) >= 11 is 0. The first-order chi connectivity index (χ1) is 7.51. The lowest BCUT2D eigenvalue weighted by atomic mass is 9.89. The van der Waals surface area contributed by atoms with Gasteiger partial charge in [-0.2, -0.15) is 26.3 Å². The van der Waals surface area contributed by atoms with E-state index >= 15 is 0 Å². The molecule has 0 bridgehead atoms. The van der Waals surface area contributed by atoms with Crippen molar-refractivity contribution in [3.05, 3.63) is 0 Å². The average molecular weight is 268 g/mol. The minimum absolute atomic E-state index is 0.0132. The Morgan fingerprint density at radius 3 is 1.76 bits per heavy atom. The van der Waals surface area contributed by atoms with Gasteiger partial charge in [-0.3, -0.25) is 0 Å². The third-order valence-electron chi connectivity index (χ3n) is 2.41. The van der Waals surface area contributed by atoms with Gasteiger partial charge in [0.25, 0.3) is 0 Å². The maximum Gasteiger partial charge on any atom is 0.403 e. The molecule has 104 valence electrons. The minimum Gasteiger partial charge on any atom is -0.392 e. The van der Waals surface area contributed by atoms with E-state index < -0.39 is 30.3 Å². The second kappa shape index (κ2) is 5.90. The standard InChI is InChI=1S/C9H14F6O2/c1-5(3-4-17-2)6(16)7(8(10,11)12)9(13,14)15/h5-7,16H,3-4H2,1-2H3. The zero-order valence-corrected chi connectivity index (χ0v) is 9.27. The molecule has 0 aromatic carbocycles. The van der Waals surface area contributed by atoms with Gasteiger partial charge in [-0.15, -0.1) is 0 Å². The monoisotopic (exact) mass is 268 g/mol. The molecular weight excluding hydrogens is 254 g/mol. The van der Waals surface area contributed by atoms with Crippen LogP contribution in [-0.4, -0.2) is 37.3 Å². The van der Waals surface area contributed by atoms with Gasteiger partial charge in [0.2, 0.25) is 0 Å². The van der Waals surface area contributed by atoms with E-state index in [2.05, 4.69) is 4.74 Å². The van der Waals surface area contributed by atoms with Crippen LogP contribution in [0.5, 0.6) is 0 Å². The first-order valence-corrected chi connectivity index (χ1v) is 4.82. The molecule has 0 rings (SSSR count). The zero-order chi connectivity index (χ0) is 13.9. The fourth-order valence-electron chi connectivity index (χ4n) is 1.38. The highest BCUT2D eigenvalue weighted by molar-refractivity contribution is 4.85. The molecule has 8 heteroatoms. The van der Waals surface area contributed by atoms with Crippen molar-refractivity contribution < 1.29 is 36.2 Å². The molecule has 2 atom stereocenters. The van der Waals surface area contributed by atoms with Gasteiger partial charge in [0.15, 0.2) is 5.92 Å². The molecule has 0 saturated carbocycles. The van der Waals surface area contributed by atoms with E-state index in [0.29, 0.717) is 0 Å². The molecule has 0 aliphatic rings. The topological polar surface area (TPSA) is 29.5 Å². The zero-order valence-electron chi connectivity index (χ0n) is 9.27. The number of rotatable bonds is 5. The predicted octanol–water partition coefficient (Wildman–Crippen LogP) is 2.76. The molecule has 0 aromatic heterocycles. The van der Waals surface area contributed by atoms with Gasteiger partial charge >= 0.3 is 12.4 Å². The van der Waals surface area contributed by atoms with Gasteiger partial charge in [0.1, 0.15) is 0 Å². The highest BCUT2D eigenvalue weighted by Crippen LogP contribution is 2.43. The lowest BCUT2D eigenvalue weighted by molar-refractivity contribution is -0.311. The summed E-state index contributed by atoms with van der Waals surface area (Å²) in [6.45, 7) is 1.11. The Morgan fingerprint density at radius 1 is 1.06 bits per heavy atom. The minimum atomic E-state index is -5.51. The third kappa shape index (κ3) is 5.12. The van der Waals surface area contributed by atoms with E-state index in [4.69, 9.17) is 0 Å².